The zero-order valence-corrected chi connectivity index (χ0v) is 18.9. The van der Waals surface area contributed by atoms with Crippen LogP contribution in [-0.2, 0) is 22.8 Å². The molecule has 7 nitrogen and oxygen atoms in total. The Morgan fingerprint density at radius 1 is 0.848 bits per heavy atom. The highest BCUT2D eigenvalue weighted by Crippen LogP contribution is 2.28. The van der Waals surface area contributed by atoms with Gasteiger partial charge in [-0.05, 0) is 59.5 Å². The van der Waals surface area contributed by atoms with Gasteiger partial charge in [0.15, 0.2) is 17.3 Å². The van der Waals surface area contributed by atoms with E-state index in [1.165, 1.54) is 39.4 Å². The maximum absolute atomic E-state index is 12.7. The van der Waals surface area contributed by atoms with Crippen LogP contribution in [-0.4, -0.2) is 41.1 Å². The van der Waals surface area contributed by atoms with Crippen LogP contribution in [0, 0.1) is 0 Å². The van der Waals surface area contributed by atoms with E-state index in [0.717, 1.165) is 0 Å². The molecule has 3 N–H and O–H groups in total. The minimum absolute atomic E-state index is 0.0372. The summed E-state index contributed by atoms with van der Waals surface area (Å²) in [6, 6.07) is 10.2. The molecule has 0 saturated heterocycles. The Balaban J connectivity index is 2.31. The highest BCUT2D eigenvalue weighted by Gasteiger charge is 2.14. The zero-order valence-electron chi connectivity index (χ0n) is 18.9. The number of Topliss-reactive ketones (excluding diaryl/α,β-unsaturated/α-hetero) is 1. The molecule has 0 amide bonds. The van der Waals surface area contributed by atoms with Gasteiger partial charge in [0, 0.05) is 12.0 Å². The van der Waals surface area contributed by atoms with Crippen LogP contribution < -0.4 is 9.47 Å². The van der Waals surface area contributed by atoms with E-state index in [2.05, 4.69) is 0 Å². The predicted octanol–water partition coefficient (Wildman–Crippen LogP) is 3.78. The first kappa shape index (κ1) is 25.6. The van der Waals surface area contributed by atoms with E-state index < -0.39 is 5.78 Å². The van der Waals surface area contributed by atoms with Crippen molar-refractivity contribution in [3.05, 3.63) is 82.1 Å². The van der Waals surface area contributed by atoms with E-state index in [0.29, 0.717) is 33.8 Å². The van der Waals surface area contributed by atoms with Gasteiger partial charge in [0.05, 0.1) is 27.4 Å². The molecule has 2 aromatic carbocycles. The van der Waals surface area contributed by atoms with Gasteiger partial charge in [0.2, 0.25) is 0 Å². The van der Waals surface area contributed by atoms with Crippen molar-refractivity contribution in [2.24, 2.45) is 0 Å². The minimum Gasteiger partial charge on any atom is -0.508 e. The second-order valence-electron chi connectivity index (χ2n) is 7.23. The van der Waals surface area contributed by atoms with E-state index in [-0.39, 0.29) is 36.8 Å². The first-order valence-electron chi connectivity index (χ1n) is 10.2. The van der Waals surface area contributed by atoms with Crippen LogP contribution in [0.5, 0.6) is 11.5 Å². The van der Waals surface area contributed by atoms with Crippen LogP contribution in [0.3, 0.4) is 0 Å². The van der Waals surface area contributed by atoms with Gasteiger partial charge < -0.3 is 24.8 Å². The highest BCUT2D eigenvalue weighted by molar-refractivity contribution is 6.09. The number of aliphatic hydroxyl groups is 3. The third-order valence-electron chi connectivity index (χ3n) is 4.87. The van der Waals surface area contributed by atoms with Gasteiger partial charge >= 0.3 is 0 Å². The number of methoxy groups -OCH3 is 2. The molecule has 0 unspecified atom stereocenters. The number of aliphatic hydroxyl groups excluding tert-OH is 3. The van der Waals surface area contributed by atoms with Crippen molar-refractivity contribution in [3.63, 3.8) is 0 Å². The lowest BCUT2D eigenvalue weighted by molar-refractivity contribution is -0.118. The van der Waals surface area contributed by atoms with E-state index in [1.807, 2.05) is 0 Å². The predicted molar refractivity (Wildman–Crippen MR) is 126 cm³/mol. The van der Waals surface area contributed by atoms with Crippen molar-refractivity contribution in [1.82, 2.24) is 0 Å². The quantitative estimate of drug-likeness (QED) is 0.270. The highest BCUT2D eigenvalue weighted by atomic mass is 16.5. The molecule has 2 rings (SSSR count). The van der Waals surface area contributed by atoms with Gasteiger partial charge in [-0.25, -0.2) is 0 Å². The van der Waals surface area contributed by atoms with Gasteiger partial charge in [-0.15, -0.1) is 0 Å². The number of hydrogen-bond donors (Lipinski definition) is 3. The lowest BCUT2D eigenvalue weighted by Crippen LogP contribution is -2.06. The summed E-state index contributed by atoms with van der Waals surface area (Å²) in [5, 5.41) is 29.3. The summed E-state index contributed by atoms with van der Waals surface area (Å²) in [6.45, 7) is 0.886. The van der Waals surface area contributed by atoms with Gasteiger partial charge in [-0.1, -0.05) is 30.4 Å². The molecule has 174 valence electrons. The molecule has 0 saturated carbocycles. The Kier molecular flexibility index (Phi) is 9.60. The van der Waals surface area contributed by atoms with Crippen molar-refractivity contribution < 1.29 is 34.4 Å². The Bertz CT molecular complexity index is 1090. The molecular weight excluding hydrogens is 424 g/mol. The Labute approximate surface area is 192 Å². The largest absolute Gasteiger partial charge is 0.508 e. The number of ether oxygens (including phenoxy) is 2. The zero-order chi connectivity index (χ0) is 24.4. The average molecular weight is 453 g/mol. The summed E-state index contributed by atoms with van der Waals surface area (Å²) in [5.41, 5.74) is 2.44. The average Bonchev–Trinajstić information content (AvgIpc) is 2.83. The summed E-state index contributed by atoms with van der Waals surface area (Å²) in [7, 11) is 3.04. The van der Waals surface area contributed by atoms with Crippen molar-refractivity contribution >= 4 is 23.7 Å². The van der Waals surface area contributed by atoms with E-state index in [1.54, 1.807) is 42.5 Å². The molecule has 0 radical (unpaired) electrons. The van der Waals surface area contributed by atoms with E-state index in [4.69, 9.17) is 9.47 Å². The maximum atomic E-state index is 12.7. The van der Waals surface area contributed by atoms with Gasteiger partial charge in [-0.2, -0.15) is 0 Å². The summed E-state index contributed by atoms with van der Waals surface area (Å²) in [4.78, 5) is 24.4. The SMILES string of the molecule is COc1ccc(/C=C/C(O)=C(\CC(C)=O)C(=O)/C=C/c2ccc(CO)c(CO)c2)cc1OC. The molecule has 7 heteroatoms. The molecule has 0 atom stereocenters. The number of hydrogen-bond acceptors (Lipinski definition) is 7. The van der Waals surface area contributed by atoms with Crippen LogP contribution in [0.25, 0.3) is 12.2 Å². The smallest absolute Gasteiger partial charge is 0.185 e. The minimum atomic E-state index is -0.517. The second kappa shape index (κ2) is 12.4. The summed E-state index contributed by atoms with van der Waals surface area (Å²) in [5.74, 6) is -0.0330. The molecule has 0 aromatic heterocycles. The van der Waals surface area contributed by atoms with Crippen LogP contribution in [0.15, 0.2) is 59.9 Å². The number of carbonyl (C=O) groups excluding carboxylic acids is 2. The van der Waals surface area contributed by atoms with Crippen LogP contribution in [0.2, 0.25) is 0 Å². The monoisotopic (exact) mass is 452 g/mol. The summed E-state index contributed by atoms with van der Waals surface area (Å²) < 4.78 is 10.5. The topological polar surface area (TPSA) is 113 Å². The van der Waals surface area contributed by atoms with E-state index in [9.17, 15) is 24.9 Å². The Hall–Kier alpha value is -3.68. The lowest BCUT2D eigenvalue weighted by Gasteiger charge is -2.08. The van der Waals surface area contributed by atoms with Crippen molar-refractivity contribution in [1.29, 1.82) is 0 Å². The fourth-order valence-electron chi connectivity index (χ4n) is 3.11. The molecular formula is C26H28O7. The molecule has 0 heterocycles. The van der Waals surface area contributed by atoms with Crippen molar-refractivity contribution in [2.75, 3.05) is 14.2 Å². The number of carbonyl (C=O) groups is 2. The molecule has 2 aromatic rings. The normalized spacial score (nSPS) is 12.2. The first-order valence-corrected chi connectivity index (χ1v) is 10.2. The fourth-order valence-corrected chi connectivity index (χ4v) is 3.11. The lowest BCUT2D eigenvalue weighted by atomic mass is 10.0. The number of ketones is 2. The Morgan fingerprint density at radius 3 is 2.06 bits per heavy atom. The fraction of sp³-hybridized carbons (Fsp3) is 0.231. The van der Waals surface area contributed by atoms with Crippen LogP contribution in [0.4, 0.5) is 0 Å². The maximum Gasteiger partial charge on any atom is 0.185 e. The molecule has 0 aliphatic carbocycles. The van der Waals surface area contributed by atoms with Crippen molar-refractivity contribution in [3.8, 4) is 11.5 Å². The number of rotatable bonds is 11. The molecule has 0 bridgehead atoms. The van der Waals surface area contributed by atoms with Crippen LogP contribution in [0.1, 0.15) is 35.6 Å². The second-order valence-corrected chi connectivity index (χ2v) is 7.23. The first-order chi connectivity index (χ1) is 15.8. The van der Waals surface area contributed by atoms with Crippen LogP contribution >= 0.6 is 0 Å². The molecule has 0 aliphatic heterocycles. The third-order valence-corrected chi connectivity index (χ3v) is 4.87. The molecule has 33 heavy (non-hydrogen) atoms. The number of benzene rings is 2. The molecule has 0 aliphatic rings. The van der Waals surface area contributed by atoms with Gasteiger partial charge in [-0.3, -0.25) is 9.59 Å². The summed E-state index contributed by atoms with van der Waals surface area (Å²) in [6.07, 6.45) is 5.50. The number of allylic oxidation sites excluding steroid dienone is 3. The van der Waals surface area contributed by atoms with Gasteiger partial charge in [0.25, 0.3) is 0 Å². The van der Waals surface area contributed by atoms with Gasteiger partial charge in [0.1, 0.15) is 11.5 Å². The third kappa shape index (κ3) is 7.17. The summed E-state index contributed by atoms with van der Waals surface area (Å²) >= 11 is 0. The Morgan fingerprint density at radius 2 is 1.45 bits per heavy atom. The molecule has 0 fully saturated rings. The van der Waals surface area contributed by atoms with E-state index >= 15 is 0 Å². The standard InChI is InChI=1S/C26H28O7/c1-17(29)12-22(23(30)9-5-18-4-8-20(15-27)21(13-18)16-28)24(31)10-6-19-7-11-25(32-2)26(14-19)33-3/h4-11,13-14,27-28,31H,12,15-16H2,1-3H3/b9-5+,10-6+,24-22-. The van der Waals surface area contributed by atoms with Crippen molar-refractivity contribution in [2.45, 2.75) is 26.6 Å². The molecule has 0 spiro atoms.